The predicted molar refractivity (Wildman–Crippen MR) is 145 cm³/mol. The van der Waals surface area contributed by atoms with Gasteiger partial charge in [0.2, 0.25) is 11.9 Å². The minimum Gasteiger partial charge on any atom is -0.367 e. The van der Waals surface area contributed by atoms with Crippen LogP contribution in [0.5, 0.6) is 0 Å². The first kappa shape index (κ1) is 27.7. The number of aryl methyl sites for hydroxylation is 2. The van der Waals surface area contributed by atoms with Gasteiger partial charge in [-0.15, -0.1) is 0 Å². The molecule has 40 heavy (non-hydrogen) atoms. The van der Waals surface area contributed by atoms with Crippen molar-refractivity contribution in [2.45, 2.75) is 52.5 Å². The van der Waals surface area contributed by atoms with Gasteiger partial charge in [0.1, 0.15) is 18.2 Å². The highest BCUT2D eigenvalue weighted by atomic mass is 19.4. The number of piperazine rings is 1. The number of anilines is 3. The highest BCUT2D eigenvalue weighted by molar-refractivity contribution is 5.77. The van der Waals surface area contributed by atoms with E-state index in [1.165, 1.54) is 6.07 Å². The number of alkyl halides is 3. The summed E-state index contributed by atoms with van der Waals surface area (Å²) in [4.78, 5) is 33.9. The summed E-state index contributed by atoms with van der Waals surface area (Å²) in [5.74, 6) is 1.81. The van der Waals surface area contributed by atoms with Gasteiger partial charge in [-0.3, -0.25) is 4.79 Å². The number of rotatable bonds is 5. The maximum atomic E-state index is 14.0. The van der Waals surface area contributed by atoms with Crippen LogP contribution < -0.4 is 14.7 Å². The smallest absolute Gasteiger partial charge is 0.367 e. The van der Waals surface area contributed by atoms with Gasteiger partial charge in [0.25, 0.3) is 0 Å². The molecule has 214 valence electrons. The number of fused-ring (bicyclic) bond motifs is 1. The highest BCUT2D eigenvalue weighted by Crippen LogP contribution is 2.40. The Labute approximate surface area is 231 Å². The maximum Gasteiger partial charge on any atom is 0.416 e. The van der Waals surface area contributed by atoms with Crippen LogP contribution in [0, 0.1) is 13.8 Å². The fourth-order valence-electron chi connectivity index (χ4n) is 5.63. The molecule has 5 rings (SSSR count). The molecule has 1 atom stereocenters. The Bertz CT molecular complexity index is 1390. The zero-order valence-electron chi connectivity index (χ0n) is 23.4. The number of carbonyl (C=O) groups is 1. The number of benzene rings is 1. The molecule has 13 heteroatoms. The van der Waals surface area contributed by atoms with Gasteiger partial charge in [-0.05, 0) is 50.5 Å². The van der Waals surface area contributed by atoms with Crippen molar-refractivity contribution in [1.29, 1.82) is 0 Å². The van der Waals surface area contributed by atoms with E-state index in [0.717, 1.165) is 11.4 Å². The second-order valence-corrected chi connectivity index (χ2v) is 10.6. The molecule has 2 aliphatic rings. The van der Waals surface area contributed by atoms with Crippen molar-refractivity contribution >= 4 is 23.2 Å². The predicted octanol–water partition coefficient (Wildman–Crippen LogP) is 3.07. The van der Waals surface area contributed by atoms with E-state index in [-0.39, 0.29) is 24.9 Å². The first-order chi connectivity index (χ1) is 18.9. The van der Waals surface area contributed by atoms with Crippen molar-refractivity contribution < 1.29 is 18.0 Å². The van der Waals surface area contributed by atoms with Gasteiger partial charge in [-0.25, -0.2) is 19.6 Å². The lowest BCUT2D eigenvalue weighted by Gasteiger charge is -2.43. The molecule has 10 nitrogen and oxygen atoms in total. The second kappa shape index (κ2) is 10.6. The molecule has 0 spiro atoms. The molecule has 0 unspecified atom stereocenters. The van der Waals surface area contributed by atoms with Crippen LogP contribution in [-0.2, 0) is 30.5 Å². The average Bonchev–Trinajstić information content (AvgIpc) is 3.22. The standard InChI is InChI=1S/C27H34F3N9O/c1-17-14-37(10-11-38(17)25(40)16-39-19(3)33-18(2)34-39)24-7-6-23(27(28,29)30)21-8-9-36(15-22(21)24)20-12-31-26(32-13-20)35(4)5/h6-7,12-13,17H,8-11,14-16H2,1-5H3/t17-/m1/s1. The quantitative estimate of drug-likeness (QED) is 0.473. The summed E-state index contributed by atoms with van der Waals surface area (Å²) in [5, 5.41) is 4.29. The lowest BCUT2D eigenvalue weighted by Crippen LogP contribution is -2.55. The van der Waals surface area contributed by atoms with Crippen LogP contribution in [0.4, 0.5) is 30.5 Å². The third kappa shape index (κ3) is 5.41. The van der Waals surface area contributed by atoms with Crippen LogP contribution in [0.3, 0.4) is 0 Å². The van der Waals surface area contributed by atoms with Crippen molar-refractivity contribution in [3.63, 3.8) is 0 Å². The van der Waals surface area contributed by atoms with Crippen molar-refractivity contribution in [3.05, 3.63) is 52.9 Å². The van der Waals surface area contributed by atoms with Gasteiger partial charge in [-0.1, -0.05) is 0 Å². The number of hydrogen-bond acceptors (Lipinski definition) is 8. The summed E-state index contributed by atoms with van der Waals surface area (Å²) in [7, 11) is 3.70. The molecular weight excluding hydrogens is 523 g/mol. The second-order valence-electron chi connectivity index (χ2n) is 10.6. The molecule has 1 aromatic carbocycles. The summed E-state index contributed by atoms with van der Waals surface area (Å²) in [6.07, 6.45) is -0.744. The molecular formula is C27H34F3N9O. The maximum absolute atomic E-state index is 14.0. The molecule has 4 heterocycles. The molecule has 0 bridgehead atoms. The molecule has 0 aliphatic carbocycles. The molecule has 2 aromatic heterocycles. The lowest BCUT2D eigenvalue weighted by molar-refractivity contribution is -0.138. The number of carbonyl (C=O) groups excluding carboxylic acids is 1. The lowest BCUT2D eigenvalue weighted by atomic mass is 9.91. The normalized spacial score (nSPS) is 17.7. The van der Waals surface area contributed by atoms with Crippen molar-refractivity contribution in [2.75, 3.05) is 55.0 Å². The zero-order chi connectivity index (χ0) is 28.8. The van der Waals surface area contributed by atoms with E-state index < -0.39 is 11.7 Å². The molecule has 0 radical (unpaired) electrons. The average molecular weight is 558 g/mol. The van der Waals surface area contributed by atoms with E-state index in [2.05, 4.69) is 25.0 Å². The summed E-state index contributed by atoms with van der Waals surface area (Å²) in [6, 6.07) is 2.66. The third-order valence-electron chi connectivity index (χ3n) is 7.62. The van der Waals surface area contributed by atoms with E-state index in [4.69, 9.17) is 0 Å². The Morgan fingerprint density at radius 1 is 1.05 bits per heavy atom. The van der Waals surface area contributed by atoms with Crippen LogP contribution in [0.1, 0.15) is 35.3 Å². The summed E-state index contributed by atoms with van der Waals surface area (Å²) in [5.41, 5.74) is 1.97. The van der Waals surface area contributed by atoms with Crippen LogP contribution in [-0.4, -0.2) is 81.9 Å². The van der Waals surface area contributed by atoms with Gasteiger partial charge < -0.3 is 19.6 Å². The van der Waals surface area contributed by atoms with Gasteiger partial charge in [0.15, 0.2) is 0 Å². The monoisotopic (exact) mass is 557 g/mol. The van der Waals surface area contributed by atoms with Crippen LogP contribution in [0.2, 0.25) is 0 Å². The number of nitrogens with zero attached hydrogens (tertiary/aromatic N) is 9. The first-order valence-electron chi connectivity index (χ1n) is 13.3. The molecule has 1 amide bonds. The third-order valence-corrected chi connectivity index (χ3v) is 7.62. The number of amides is 1. The van der Waals surface area contributed by atoms with Crippen molar-refractivity contribution in [2.24, 2.45) is 0 Å². The number of hydrogen-bond donors (Lipinski definition) is 0. The van der Waals surface area contributed by atoms with Gasteiger partial charge in [0, 0.05) is 58.5 Å². The van der Waals surface area contributed by atoms with E-state index >= 15 is 0 Å². The van der Waals surface area contributed by atoms with Crippen molar-refractivity contribution in [1.82, 2.24) is 29.6 Å². The molecule has 0 N–H and O–H groups in total. The fourth-order valence-corrected chi connectivity index (χ4v) is 5.63. The largest absolute Gasteiger partial charge is 0.416 e. The van der Waals surface area contributed by atoms with Crippen LogP contribution in [0.15, 0.2) is 24.5 Å². The minimum atomic E-state index is -4.43. The van der Waals surface area contributed by atoms with Crippen LogP contribution >= 0.6 is 0 Å². The Hall–Kier alpha value is -3.90. The molecule has 1 saturated heterocycles. The van der Waals surface area contributed by atoms with E-state index in [1.807, 2.05) is 37.7 Å². The highest BCUT2D eigenvalue weighted by Gasteiger charge is 2.38. The summed E-state index contributed by atoms with van der Waals surface area (Å²) < 4.78 is 43.6. The summed E-state index contributed by atoms with van der Waals surface area (Å²) in [6.45, 7) is 7.92. The number of halogens is 3. The fraction of sp³-hybridized carbons (Fsp3) is 0.519. The Balaban J connectivity index is 1.39. The zero-order valence-corrected chi connectivity index (χ0v) is 23.4. The SMILES string of the molecule is Cc1nc(C)n(CC(=O)N2CCN(c3ccc(C(F)(F)F)c4c3CN(c3cnc(N(C)C)nc3)CC4)C[C@H]2C)n1. The Kier molecular flexibility index (Phi) is 7.32. The van der Waals surface area contributed by atoms with E-state index in [0.29, 0.717) is 61.4 Å². The molecule has 2 aliphatic heterocycles. The summed E-state index contributed by atoms with van der Waals surface area (Å²) >= 11 is 0. The Morgan fingerprint density at radius 2 is 1.77 bits per heavy atom. The van der Waals surface area contributed by atoms with E-state index in [1.54, 1.807) is 35.0 Å². The minimum absolute atomic E-state index is 0.0538. The topological polar surface area (TPSA) is 86.5 Å². The molecule has 3 aromatic rings. The van der Waals surface area contributed by atoms with Crippen molar-refractivity contribution in [3.8, 4) is 0 Å². The van der Waals surface area contributed by atoms with Crippen LogP contribution in [0.25, 0.3) is 0 Å². The van der Waals surface area contributed by atoms with Gasteiger partial charge >= 0.3 is 6.18 Å². The van der Waals surface area contributed by atoms with Gasteiger partial charge in [-0.2, -0.15) is 18.3 Å². The Morgan fingerprint density at radius 3 is 2.38 bits per heavy atom. The van der Waals surface area contributed by atoms with Gasteiger partial charge in [0.05, 0.1) is 23.6 Å². The number of aromatic nitrogens is 5. The van der Waals surface area contributed by atoms with E-state index in [9.17, 15) is 18.0 Å². The molecule has 1 fully saturated rings. The molecule has 0 saturated carbocycles. The first-order valence-corrected chi connectivity index (χ1v) is 13.3.